The van der Waals surface area contributed by atoms with Crippen molar-refractivity contribution in [1.82, 2.24) is 10.6 Å². The lowest BCUT2D eigenvalue weighted by Gasteiger charge is -2.12. The van der Waals surface area contributed by atoms with E-state index >= 15 is 0 Å². The lowest BCUT2D eigenvalue weighted by atomic mass is 10.2. The standard InChI is InChI=1S/C17H29N3O3/c1-5-18-17(19-10-11-22-6-2)20-13-14-8-9-15(23-7-3)16(12-14)21-4/h8-9,12H,5-7,10-11,13H2,1-4H3,(H2,18,19,20). The van der Waals surface area contributed by atoms with Crippen LogP contribution in [0.5, 0.6) is 11.5 Å². The van der Waals surface area contributed by atoms with Gasteiger partial charge in [-0.25, -0.2) is 4.99 Å². The van der Waals surface area contributed by atoms with Gasteiger partial charge in [-0.2, -0.15) is 0 Å². The maximum absolute atomic E-state index is 5.52. The van der Waals surface area contributed by atoms with Crippen molar-refractivity contribution in [2.24, 2.45) is 4.99 Å². The van der Waals surface area contributed by atoms with E-state index in [9.17, 15) is 0 Å². The third-order valence-corrected chi connectivity index (χ3v) is 3.03. The van der Waals surface area contributed by atoms with Gasteiger partial charge in [0, 0.05) is 19.7 Å². The van der Waals surface area contributed by atoms with Crippen LogP contribution in [0.4, 0.5) is 0 Å². The SMILES string of the molecule is CCNC(=NCc1ccc(OCC)c(OC)c1)NCCOCC. The molecule has 0 saturated heterocycles. The third-order valence-electron chi connectivity index (χ3n) is 3.03. The zero-order valence-corrected chi connectivity index (χ0v) is 14.6. The molecule has 1 aromatic carbocycles. The number of methoxy groups -OCH3 is 1. The molecule has 0 fully saturated rings. The molecule has 0 atom stereocenters. The van der Waals surface area contributed by atoms with Crippen LogP contribution >= 0.6 is 0 Å². The second kappa shape index (κ2) is 11.6. The van der Waals surface area contributed by atoms with Crippen LogP contribution in [0.1, 0.15) is 26.3 Å². The van der Waals surface area contributed by atoms with Crippen molar-refractivity contribution >= 4 is 5.96 Å². The van der Waals surface area contributed by atoms with Crippen molar-refractivity contribution < 1.29 is 14.2 Å². The molecule has 0 aliphatic rings. The Kier molecular flexibility index (Phi) is 9.63. The number of hydrogen-bond donors (Lipinski definition) is 2. The van der Waals surface area contributed by atoms with E-state index in [1.807, 2.05) is 39.0 Å². The molecule has 0 radical (unpaired) electrons. The Bertz CT molecular complexity index is 478. The summed E-state index contributed by atoms with van der Waals surface area (Å²) in [6.45, 7) is 10.1. The third kappa shape index (κ3) is 7.23. The highest BCUT2D eigenvalue weighted by atomic mass is 16.5. The van der Waals surface area contributed by atoms with Crippen molar-refractivity contribution in [1.29, 1.82) is 0 Å². The molecule has 0 spiro atoms. The van der Waals surface area contributed by atoms with Crippen molar-refractivity contribution in [3.05, 3.63) is 23.8 Å². The van der Waals surface area contributed by atoms with Crippen LogP contribution < -0.4 is 20.1 Å². The van der Waals surface area contributed by atoms with E-state index in [1.165, 1.54) is 0 Å². The Morgan fingerprint density at radius 1 is 1.09 bits per heavy atom. The lowest BCUT2D eigenvalue weighted by Crippen LogP contribution is -2.39. The van der Waals surface area contributed by atoms with E-state index in [-0.39, 0.29) is 0 Å². The Morgan fingerprint density at radius 3 is 2.57 bits per heavy atom. The van der Waals surface area contributed by atoms with Crippen molar-refractivity contribution in [2.75, 3.05) is 40.0 Å². The zero-order valence-electron chi connectivity index (χ0n) is 14.6. The first-order chi connectivity index (χ1) is 11.2. The van der Waals surface area contributed by atoms with Gasteiger partial charge in [-0.15, -0.1) is 0 Å². The molecule has 2 N–H and O–H groups in total. The fraction of sp³-hybridized carbons (Fsp3) is 0.588. The molecule has 0 saturated carbocycles. The first-order valence-electron chi connectivity index (χ1n) is 8.14. The predicted octanol–water partition coefficient (Wildman–Crippen LogP) is 2.19. The number of nitrogens with zero attached hydrogens (tertiary/aromatic N) is 1. The van der Waals surface area contributed by atoms with E-state index in [0.29, 0.717) is 19.8 Å². The topological polar surface area (TPSA) is 64.1 Å². The fourth-order valence-corrected chi connectivity index (χ4v) is 1.98. The number of guanidine groups is 1. The van der Waals surface area contributed by atoms with E-state index in [2.05, 4.69) is 15.6 Å². The second-order valence-corrected chi connectivity index (χ2v) is 4.74. The van der Waals surface area contributed by atoms with Crippen molar-refractivity contribution in [3.8, 4) is 11.5 Å². The van der Waals surface area contributed by atoms with Gasteiger partial charge in [0.15, 0.2) is 17.5 Å². The molecule has 6 nitrogen and oxygen atoms in total. The predicted molar refractivity (Wildman–Crippen MR) is 93.5 cm³/mol. The van der Waals surface area contributed by atoms with E-state index in [4.69, 9.17) is 14.2 Å². The van der Waals surface area contributed by atoms with Crippen LogP contribution in [0.2, 0.25) is 0 Å². The maximum atomic E-state index is 5.52. The highest BCUT2D eigenvalue weighted by Crippen LogP contribution is 2.28. The molecule has 0 aromatic heterocycles. The molecule has 6 heteroatoms. The molecule has 0 heterocycles. The van der Waals surface area contributed by atoms with Crippen LogP contribution in [0, 0.1) is 0 Å². The summed E-state index contributed by atoms with van der Waals surface area (Å²) in [6, 6.07) is 5.88. The average Bonchev–Trinajstić information content (AvgIpc) is 2.57. The number of aliphatic imine (C=N–C) groups is 1. The van der Waals surface area contributed by atoms with Crippen LogP contribution in [0.15, 0.2) is 23.2 Å². The van der Waals surface area contributed by atoms with Gasteiger partial charge in [-0.3, -0.25) is 0 Å². The molecular weight excluding hydrogens is 294 g/mol. The highest BCUT2D eigenvalue weighted by Gasteiger charge is 2.05. The largest absolute Gasteiger partial charge is 0.493 e. The van der Waals surface area contributed by atoms with Gasteiger partial charge in [0.2, 0.25) is 0 Å². The number of nitrogens with one attached hydrogen (secondary N) is 2. The molecule has 0 bridgehead atoms. The van der Waals surface area contributed by atoms with Gasteiger partial charge >= 0.3 is 0 Å². The van der Waals surface area contributed by atoms with Gasteiger partial charge in [0.05, 0.1) is 26.9 Å². The summed E-state index contributed by atoms with van der Waals surface area (Å²) in [7, 11) is 1.64. The van der Waals surface area contributed by atoms with E-state index < -0.39 is 0 Å². The van der Waals surface area contributed by atoms with Gasteiger partial charge in [0.25, 0.3) is 0 Å². The first-order valence-corrected chi connectivity index (χ1v) is 8.14. The van der Waals surface area contributed by atoms with Crippen molar-refractivity contribution in [3.63, 3.8) is 0 Å². The van der Waals surface area contributed by atoms with Gasteiger partial charge in [0.1, 0.15) is 0 Å². The summed E-state index contributed by atoms with van der Waals surface area (Å²) in [5.74, 6) is 2.26. The molecule has 0 aliphatic heterocycles. The first kappa shape index (κ1) is 19.1. The van der Waals surface area contributed by atoms with E-state index in [0.717, 1.165) is 42.7 Å². The normalized spacial score (nSPS) is 11.2. The Hall–Kier alpha value is -1.95. The fourth-order valence-electron chi connectivity index (χ4n) is 1.98. The second-order valence-electron chi connectivity index (χ2n) is 4.74. The Morgan fingerprint density at radius 2 is 1.91 bits per heavy atom. The maximum Gasteiger partial charge on any atom is 0.191 e. The minimum Gasteiger partial charge on any atom is -0.493 e. The van der Waals surface area contributed by atoms with Crippen molar-refractivity contribution in [2.45, 2.75) is 27.3 Å². The van der Waals surface area contributed by atoms with Crippen LogP contribution in [-0.4, -0.2) is 46.0 Å². The van der Waals surface area contributed by atoms with Crippen LogP contribution in [0.25, 0.3) is 0 Å². The molecule has 1 rings (SSSR count). The summed E-state index contributed by atoms with van der Waals surface area (Å²) in [4.78, 5) is 4.57. The molecule has 0 unspecified atom stereocenters. The lowest BCUT2D eigenvalue weighted by molar-refractivity contribution is 0.152. The van der Waals surface area contributed by atoms with Crippen LogP contribution in [0.3, 0.4) is 0 Å². The van der Waals surface area contributed by atoms with Gasteiger partial charge in [-0.1, -0.05) is 6.07 Å². The van der Waals surface area contributed by atoms with Crippen LogP contribution in [-0.2, 0) is 11.3 Å². The Balaban J connectivity index is 2.66. The number of ether oxygens (including phenoxy) is 3. The molecule has 23 heavy (non-hydrogen) atoms. The van der Waals surface area contributed by atoms with E-state index in [1.54, 1.807) is 7.11 Å². The molecule has 130 valence electrons. The molecular formula is C17H29N3O3. The quantitative estimate of drug-likeness (QED) is 0.392. The summed E-state index contributed by atoms with van der Waals surface area (Å²) in [5, 5.41) is 6.46. The molecule has 0 aliphatic carbocycles. The summed E-state index contributed by atoms with van der Waals surface area (Å²) in [5.41, 5.74) is 1.06. The summed E-state index contributed by atoms with van der Waals surface area (Å²) < 4.78 is 16.2. The Labute approximate surface area is 139 Å². The summed E-state index contributed by atoms with van der Waals surface area (Å²) >= 11 is 0. The monoisotopic (exact) mass is 323 g/mol. The molecule has 0 amide bonds. The zero-order chi connectivity index (χ0) is 16.9. The number of hydrogen-bond acceptors (Lipinski definition) is 4. The number of rotatable bonds is 10. The smallest absolute Gasteiger partial charge is 0.191 e. The van der Waals surface area contributed by atoms with Gasteiger partial charge < -0.3 is 24.8 Å². The minimum atomic E-state index is 0.562. The summed E-state index contributed by atoms with van der Waals surface area (Å²) in [6.07, 6.45) is 0. The van der Waals surface area contributed by atoms with Gasteiger partial charge in [-0.05, 0) is 38.5 Å². The average molecular weight is 323 g/mol. The minimum absolute atomic E-state index is 0.562. The highest BCUT2D eigenvalue weighted by molar-refractivity contribution is 5.79. The molecule has 1 aromatic rings. The number of benzene rings is 1.